The second kappa shape index (κ2) is 8.60. The van der Waals surface area contributed by atoms with Crippen molar-refractivity contribution in [2.45, 2.75) is 32.2 Å². The van der Waals surface area contributed by atoms with Gasteiger partial charge in [0.25, 0.3) is 5.91 Å². The standard InChI is InChI=1S/C19H20F3NO3/c1-3-17(26-16-9-5-8-15(11-16)25-2)18(24)23-12-13-6-4-7-14(10-13)19(20,21)22/h4-11,17H,3,12H2,1-2H3,(H,23,24)/t17-/m0/s1. The van der Waals surface area contributed by atoms with Gasteiger partial charge >= 0.3 is 6.18 Å². The van der Waals surface area contributed by atoms with E-state index in [1.165, 1.54) is 19.2 Å². The van der Waals surface area contributed by atoms with Gasteiger partial charge in [-0.3, -0.25) is 4.79 Å². The van der Waals surface area contributed by atoms with Crippen LogP contribution >= 0.6 is 0 Å². The maximum Gasteiger partial charge on any atom is 0.416 e. The van der Waals surface area contributed by atoms with Crippen molar-refractivity contribution in [2.75, 3.05) is 7.11 Å². The SMILES string of the molecule is CC[C@H](Oc1cccc(OC)c1)C(=O)NCc1cccc(C(F)(F)F)c1. The maximum absolute atomic E-state index is 12.7. The number of halogens is 3. The lowest BCUT2D eigenvalue weighted by Gasteiger charge is -2.18. The zero-order chi connectivity index (χ0) is 19.2. The molecule has 4 nitrogen and oxygen atoms in total. The first-order valence-electron chi connectivity index (χ1n) is 8.08. The zero-order valence-corrected chi connectivity index (χ0v) is 14.5. The number of ether oxygens (including phenoxy) is 2. The van der Waals surface area contributed by atoms with E-state index in [4.69, 9.17) is 9.47 Å². The van der Waals surface area contributed by atoms with Crippen LogP contribution in [-0.4, -0.2) is 19.1 Å². The molecule has 0 aromatic heterocycles. The van der Waals surface area contributed by atoms with Crippen molar-refractivity contribution in [1.82, 2.24) is 5.32 Å². The van der Waals surface area contributed by atoms with E-state index in [2.05, 4.69) is 5.32 Å². The third-order valence-electron chi connectivity index (χ3n) is 3.70. The molecule has 0 bridgehead atoms. The summed E-state index contributed by atoms with van der Waals surface area (Å²) in [5.74, 6) is 0.680. The van der Waals surface area contributed by atoms with Gasteiger partial charge in [0.1, 0.15) is 11.5 Å². The molecule has 1 atom stereocenters. The fourth-order valence-corrected chi connectivity index (χ4v) is 2.32. The Morgan fingerprint density at radius 3 is 2.46 bits per heavy atom. The van der Waals surface area contributed by atoms with Gasteiger partial charge in [0, 0.05) is 12.6 Å². The van der Waals surface area contributed by atoms with Crippen molar-refractivity contribution in [2.24, 2.45) is 0 Å². The second-order valence-electron chi connectivity index (χ2n) is 5.61. The monoisotopic (exact) mass is 367 g/mol. The highest BCUT2D eigenvalue weighted by Crippen LogP contribution is 2.29. The zero-order valence-electron chi connectivity index (χ0n) is 14.5. The summed E-state index contributed by atoms with van der Waals surface area (Å²) in [5.41, 5.74) is -0.381. The largest absolute Gasteiger partial charge is 0.497 e. The predicted molar refractivity (Wildman–Crippen MR) is 91.0 cm³/mol. The molecular formula is C19H20F3NO3. The van der Waals surface area contributed by atoms with Gasteiger partial charge in [-0.25, -0.2) is 0 Å². The molecule has 2 aromatic rings. The normalized spacial score (nSPS) is 12.3. The summed E-state index contributed by atoms with van der Waals surface area (Å²) in [6, 6.07) is 11.7. The van der Waals surface area contributed by atoms with Crippen molar-refractivity contribution in [3.63, 3.8) is 0 Å². The Morgan fingerprint density at radius 1 is 1.12 bits per heavy atom. The number of carbonyl (C=O) groups excluding carboxylic acids is 1. The molecule has 0 radical (unpaired) electrons. The minimum Gasteiger partial charge on any atom is -0.497 e. The molecule has 0 aliphatic rings. The van der Waals surface area contributed by atoms with E-state index >= 15 is 0 Å². The van der Waals surface area contributed by atoms with Crippen molar-refractivity contribution >= 4 is 5.91 Å². The Bertz CT molecular complexity index is 747. The van der Waals surface area contributed by atoms with Gasteiger partial charge < -0.3 is 14.8 Å². The molecule has 0 spiro atoms. The number of methoxy groups -OCH3 is 1. The van der Waals surface area contributed by atoms with Crippen molar-refractivity contribution in [3.05, 3.63) is 59.7 Å². The summed E-state index contributed by atoms with van der Waals surface area (Å²) in [6.07, 6.45) is -4.76. The number of benzene rings is 2. The highest BCUT2D eigenvalue weighted by Gasteiger charge is 2.30. The minimum absolute atomic E-state index is 0.0132. The van der Waals surface area contributed by atoms with Crippen LogP contribution in [0.25, 0.3) is 0 Å². The highest BCUT2D eigenvalue weighted by atomic mass is 19.4. The lowest BCUT2D eigenvalue weighted by atomic mass is 10.1. The molecule has 0 aliphatic heterocycles. The fraction of sp³-hybridized carbons (Fsp3) is 0.316. The van der Waals surface area contributed by atoms with Crippen LogP contribution in [-0.2, 0) is 17.5 Å². The first-order chi connectivity index (χ1) is 12.3. The van der Waals surface area contributed by atoms with Gasteiger partial charge in [-0.2, -0.15) is 13.2 Å². The van der Waals surface area contributed by atoms with Gasteiger partial charge in [-0.05, 0) is 36.2 Å². The van der Waals surface area contributed by atoms with Gasteiger partial charge in [0.05, 0.1) is 12.7 Å². The minimum atomic E-state index is -4.42. The van der Waals surface area contributed by atoms with Crippen molar-refractivity contribution < 1.29 is 27.4 Å². The summed E-state index contributed by atoms with van der Waals surface area (Å²) in [4.78, 5) is 12.3. The number of amides is 1. The van der Waals surface area contributed by atoms with E-state index in [1.807, 2.05) is 0 Å². The van der Waals surface area contributed by atoms with E-state index in [-0.39, 0.29) is 6.54 Å². The Morgan fingerprint density at radius 2 is 1.81 bits per heavy atom. The molecule has 0 aliphatic carbocycles. The third kappa shape index (κ3) is 5.40. The van der Waals surface area contributed by atoms with Crippen LogP contribution in [0.2, 0.25) is 0 Å². The third-order valence-corrected chi connectivity index (χ3v) is 3.70. The van der Waals surface area contributed by atoms with E-state index in [9.17, 15) is 18.0 Å². The van der Waals surface area contributed by atoms with Gasteiger partial charge in [-0.1, -0.05) is 25.1 Å². The molecule has 1 amide bonds. The molecule has 0 saturated carbocycles. The molecule has 7 heteroatoms. The Kier molecular flexibility index (Phi) is 6.49. The molecule has 2 rings (SSSR count). The first-order valence-corrected chi connectivity index (χ1v) is 8.08. The molecule has 140 valence electrons. The number of hydrogen-bond acceptors (Lipinski definition) is 3. The number of alkyl halides is 3. The van der Waals surface area contributed by atoms with Gasteiger partial charge in [0.15, 0.2) is 6.10 Å². The summed E-state index contributed by atoms with van der Waals surface area (Å²) >= 11 is 0. The predicted octanol–water partition coefficient (Wildman–Crippen LogP) is 4.19. The van der Waals surface area contributed by atoms with Gasteiger partial charge in [0.2, 0.25) is 0 Å². The average Bonchev–Trinajstić information content (AvgIpc) is 2.64. The van der Waals surface area contributed by atoms with E-state index in [0.717, 1.165) is 12.1 Å². The molecular weight excluding hydrogens is 347 g/mol. The molecule has 0 unspecified atom stereocenters. The first kappa shape index (κ1) is 19.6. The van der Waals surface area contributed by atoms with Crippen LogP contribution in [0.3, 0.4) is 0 Å². The van der Waals surface area contributed by atoms with Crippen LogP contribution in [0.4, 0.5) is 13.2 Å². The van der Waals surface area contributed by atoms with Crippen LogP contribution in [0.1, 0.15) is 24.5 Å². The van der Waals surface area contributed by atoms with E-state index in [1.54, 1.807) is 31.2 Å². The number of hydrogen-bond donors (Lipinski definition) is 1. The average molecular weight is 367 g/mol. The van der Waals surface area contributed by atoms with E-state index in [0.29, 0.717) is 23.5 Å². The van der Waals surface area contributed by atoms with Gasteiger partial charge in [-0.15, -0.1) is 0 Å². The number of nitrogens with one attached hydrogen (secondary N) is 1. The maximum atomic E-state index is 12.7. The molecule has 1 N–H and O–H groups in total. The Labute approximate surface area is 149 Å². The smallest absolute Gasteiger partial charge is 0.416 e. The molecule has 0 saturated heterocycles. The molecule has 2 aromatic carbocycles. The van der Waals surface area contributed by atoms with Crippen molar-refractivity contribution in [3.8, 4) is 11.5 Å². The van der Waals surface area contributed by atoms with E-state index < -0.39 is 23.8 Å². The lowest BCUT2D eigenvalue weighted by Crippen LogP contribution is -2.37. The van der Waals surface area contributed by atoms with Crippen LogP contribution < -0.4 is 14.8 Å². The summed E-state index contributed by atoms with van der Waals surface area (Å²) < 4.78 is 49.0. The fourth-order valence-electron chi connectivity index (χ4n) is 2.32. The van der Waals surface area contributed by atoms with Crippen LogP contribution in [0.15, 0.2) is 48.5 Å². The molecule has 0 fully saturated rings. The number of carbonyl (C=O) groups is 1. The highest BCUT2D eigenvalue weighted by molar-refractivity contribution is 5.81. The quantitative estimate of drug-likeness (QED) is 0.798. The topological polar surface area (TPSA) is 47.6 Å². The second-order valence-corrected chi connectivity index (χ2v) is 5.61. The molecule has 26 heavy (non-hydrogen) atoms. The summed E-state index contributed by atoms with van der Waals surface area (Å²) in [5, 5.41) is 2.61. The van der Waals surface area contributed by atoms with Crippen LogP contribution in [0.5, 0.6) is 11.5 Å². The van der Waals surface area contributed by atoms with Crippen molar-refractivity contribution in [1.29, 1.82) is 0 Å². The molecule has 0 heterocycles. The number of rotatable bonds is 7. The Balaban J connectivity index is 1.99. The lowest BCUT2D eigenvalue weighted by molar-refractivity contribution is -0.137. The Hall–Kier alpha value is -2.70. The summed E-state index contributed by atoms with van der Waals surface area (Å²) in [6.45, 7) is 1.77. The van der Waals surface area contributed by atoms with Crippen LogP contribution in [0, 0.1) is 0 Å². The summed E-state index contributed by atoms with van der Waals surface area (Å²) in [7, 11) is 1.53.